The third-order valence-electron chi connectivity index (χ3n) is 5.74. The topological polar surface area (TPSA) is 69.2 Å². The lowest BCUT2D eigenvalue weighted by Crippen LogP contribution is -2.42. The predicted molar refractivity (Wildman–Crippen MR) is 128 cm³/mol. The van der Waals surface area contributed by atoms with E-state index in [0.717, 1.165) is 43.8 Å². The molecular formula is C23H25ClF3N7. The van der Waals surface area contributed by atoms with Gasteiger partial charge in [0.05, 0.1) is 23.6 Å². The molecule has 3 heterocycles. The van der Waals surface area contributed by atoms with Gasteiger partial charge in [0.25, 0.3) is 0 Å². The van der Waals surface area contributed by atoms with Crippen molar-refractivity contribution in [1.82, 2.24) is 19.9 Å². The molecule has 0 atom stereocenters. The zero-order valence-corrected chi connectivity index (χ0v) is 19.5. The summed E-state index contributed by atoms with van der Waals surface area (Å²) in [4.78, 5) is 17.5. The van der Waals surface area contributed by atoms with Gasteiger partial charge in [0.2, 0.25) is 5.95 Å². The highest BCUT2D eigenvalue weighted by Gasteiger charge is 2.30. The normalized spacial score (nSPS) is 15.0. The number of pyridine rings is 1. The second-order valence-corrected chi connectivity index (χ2v) is 8.71. The lowest BCUT2D eigenvalue weighted by Gasteiger charge is -2.36. The first-order chi connectivity index (χ1) is 16.2. The SMILES string of the molecule is CN(C)C1CCN(c2ccc(Nc3ncc(Cl)c(Nc4cccc(C(F)(F)F)c4)n3)nc2)CC1. The van der Waals surface area contributed by atoms with E-state index in [1.54, 1.807) is 6.20 Å². The Balaban J connectivity index is 1.43. The number of halogens is 4. The number of hydrogen-bond acceptors (Lipinski definition) is 7. The van der Waals surface area contributed by atoms with Crippen molar-refractivity contribution in [3.8, 4) is 0 Å². The minimum absolute atomic E-state index is 0.174. The molecule has 0 amide bonds. The van der Waals surface area contributed by atoms with E-state index in [9.17, 15) is 13.2 Å². The van der Waals surface area contributed by atoms with Crippen molar-refractivity contribution in [2.24, 2.45) is 0 Å². The Labute approximate surface area is 201 Å². The van der Waals surface area contributed by atoms with E-state index in [1.807, 2.05) is 12.1 Å². The van der Waals surface area contributed by atoms with E-state index in [1.165, 1.54) is 18.3 Å². The largest absolute Gasteiger partial charge is 0.416 e. The van der Waals surface area contributed by atoms with Crippen LogP contribution in [0.5, 0.6) is 0 Å². The van der Waals surface area contributed by atoms with Gasteiger partial charge < -0.3 is 20.4 Å². The molecular weight excluding hydrogens is 467 g/mol. The van der Waals surface area contributed by atoms with Gasteiger partial charge in [0.15, 0.2) is 5.82 Å². The molecule has 34 heavy (non-hydrogen) atoms. The Morgan fingerprint density at radius 2 is 1.79 bits per heavy atom. The number of rotatable bonds is 6. The van der Waals surface area contributed by atoms with Gasteiger partial charge in [-0.15, -0.1) is 0 Å². The molecule has 0 spiro atoms. The molecule has 180 valence electrons. The van der Waals surface area contributed by atoms with E-state index < -0.39 is 11.7 Å². The smallest absolute Gasteiger partial charge is 0.370 e. The molecule has 0 radical (unpaired) electrons. The van der Waals surface area contributed by atoms with Crippen molar-refractivity contribution in [3.63, 3.8) is 0 Å². The molecule has 1 aromatic carbocycles. The van der Waals surface area contributed by atoms with Crippen LogP contribution in [-0.4, -0.2) is 53.1 Å². The van der Waals surface area contributed by atoms with Crippen molar-refractivity contribution < 1.29 is 13.2 Å². The number of alkyl halides is 3. The number of hydrogen-bond donors (Lipinski definition) is 2. The van der Waals surface area contributed by atoms with Gasteiger partial charge in [-0.25, -0.2) is 9.97 Å². The van der Waals surface area contributed by atoms with Gasteiger partial charge in [-0.3, -0.25) is 0 Å². The molecule has 2 aromatic heterocycles. The maximum Gasteiger partial charge on any atom is 0.416 e. The van der Waals surface area contributed by atoms with Crippen molar-refractivity contribution in [1.29, 1.82) is 0 Å². The molecule has 4 rings (SSSR count). The number of benzene rings is 1. The van der Waals surface area contributed by atoms with E-state index in [4.69, 9.17) is 11.6 Å². The van der Waals surface area contributed by atoms with Crippen LogP contribution in [0.25, 0.3) is 0 Å². The van der Waals surface area contributed by atoms with Gasteiger partial charge in [0, 0.05) is 24.8 Å². The Hall–Kier alpha value is -3.11. The van der Waals surface area contributed by atoms with Crippen LogP contribution in [0.1, 0.15) is 18.4 Å². The van der Waals surface area contributed by atoms with Crippen LogP contribution in [0.2, 0.25) is 5.02 Å². The number of aromatic nitrogens is 3. The van der Waals surface area contributed by atoms with Crippen LogP contribution in [0, 0.1) is 0 Å². The van der Waals surface area contributed by atoms with Crippen LogP contribution >= 0.6 is 11.6 Å². The first-order valence-corrected chi connectivity index (χ1v) is 11.2. The zero-order chi connectivity index (χ0) is 24.3. The summed E-state index contributed by atoms with van der Waals surface area (Å²) in [5.74, 6) is 0.934. The van der Waals surface area contributed by atoms with Crippen LogP contribution < -0.4 is 15.5 Å². The average molecular weight is 492 g/mol. The standard InChI is InChI=1S/C23H25ClF3N7/c1-33(2)17-8-10-34(11-9-17)18-6-7-20(28-13-18)31-22-29-14-19(24)21(32-22)30-16-5-3-4-15(12-16)23(25,26)27/h3-7,12-14,17H,8-11H2,1-2H3,(H2,28,29,30,31,32). The Morgan fingerprint density at radius 3 is 2.44 bits per heavy atom. The van der Waals surface area contributed by atoms with E-state index in [-0.39, 0.29) is 22.5 Å². The van der Waals surface area contributed by atoms with Crippen LogP contribution in [0.15, 0.2) is 48.8 Å². The second-order valence-electron chi connectivity index (χ2n) is 8.30. The molecule has 3 aromatic rings. The average Bonchev–Trinajstić information content (AvgIpc) is 2.81. The molecule has 1 aliphatic rings. The second kappa shape index (κ2) is 10.0. The number of nitrogens with zero attached hydrogens (tertiary/aromatic N) is 5. The highest BCUT2D eigenvalue weighted by Crippen LogP contribution is 2.32. The van der Waals surface area contributed by atoms with Crippen molar-refractivity contribution >= 4 is 40.6 Å². The van der Waals surface area contributed by atoms with Gasteiger partial charge in [-0.1, -0.05) is 17.7 Å². The summed E-state index contributed by atoms with van der Waals surface area (Å²) < 4.78 is 39.0. The minimum Gasteiger partial charge on any atom is -0.370 e. The fraction of sp³-hybridized carbons (Fsp3) is 0.348. The van der Waals surface area contributed by atoms with Crippen molar-refractivity contribution in [2.75, 3.05) is 42.7 Å². The van der Waals surface area contributed by atoms with E-state index in [2.05, 4.69) is 49.5 Å². The minimum atomic E-state index is -4.44. The van der Waals surface area contributed by atoms with Crippen molar-refractivity contribution in [2.45, 2.75) is 25.1 Å². The molecule has 1 fully saturated rings. The first kappa shape index (κ1) is 24.0. The van der Waals surface area contributed by atoms with Crippen LogP contribution in [0.3, 0.4) is 0 Å². The maximum atomic E-state index is 13.0. The third kappa shape index (κ3) is 5.87. The number of nitrogens with one attached hydrogen (secondary N) is 2. The molecule has 0 aliphatic carbocycles. The van der Waals surface area contributed by atoms with Crippen LogP contribution in [-0.2, 0) is 6.18 Å². The third-order valence-corrected chi connectivity index (χ3v) is 6.02. The molecule has 0 bridgehead atoms. The number of piperidine rings is 1. The maximum absolute atomic E-state index is 13.0. The molecule has 7 nitrogen and oxygen atoms in total. The molecule has 1 aliphatic heterocycles. The summed E-state index contributed by atoms with van der Waals surface area (Å²) in [7, 11) is 4.23. The van der Waals surface area contributed by atoms with Crippen LogP contribution in [0.4, 0.5) is 42.1 Å². The summed E-state index contributed by atoms with van der Waals surface area (Å²) in [5.41, 5.74) is 0.491. The molecule has 1 saturated heterocycles. The van der Waals surface area contributed by atoms with Crippen molar-refractivity contribution in [3.05, 3.63) is 59.4 Å². The number of anilines is 5. The predicted octanol–water partition coefficient (Wildman–Crippen LogP) is 5.56. The fourth-order valence-electron chi connectivity index (χ4n) is 3.83. The lowest BCUT2D eigenvalue weighted by atomic mass is 10.0. The summed E-state index contributed by atoms with van der Waals surface area (Å²) in [6.07, 6.45) is 0.937. The lowest BCUT2D eigenvalue weighted by molar-refractivity contribution is -0.137. The van der Waals surface area contributed by atoms with Gasteiger partial charge in [-0.05, 0) is 57.3 Å². The summed E-state index contributed by atoms with van der Waals surface area (Å²) in [6, 6.07) is 9.24. The quantitative estimate of drug-likeness (QED) is 0.467. The van der Waals surface area contributed by atoms with Gasteiger partial charge in [-0.2, -0.15) is 18.2 Å². The Morgan fingerprint density at radius 1 is 1.03 bits per heavy atom. The highest BCUT2D eigenvalue weighted by atomic mass is 35.5. The Bertz CT molecular complexity index is 1110. The summed E-state index contributed by atoms with van der Waals surface area (Å²) in [5, 5.41) is 6.00. The highest BCUT2D eigenvalue weighted by molar-refractivity contribution is 6.32. The summed E-state index contributed by atoms with van der Waals surface area (Å²) >= 11 is 6.15. The monoisotopic (exact) mass is 491 g/mol. The molecule has 0 unspecified atom stereocenters. The van der Waals surface area contributed by atoms with E-state index >= 15 is 0 Å². The zero-order valence-electron chi connectivity index (χ0n) is 18.8. The van der Waals surface area contributed by atoms with Gasteiger partial charge >= 0.3 is 6.18 Å². The molecule has 0 saturated carbocycles. The molecule has 11 heteroatoms. The van der Waals surface area contributed by atoms with E-state index in [0.29, 0.717) is 11.9 Å². The summed E-state index contributed by atoms with van der Waals surface area (Å²) in [6.45, 7) is 1.95. The fourth-order valence-corrected chi connectivity index (χ4v) is 3.97. The first-order valence-electron chi connectivity index (χ1n) is 10.8. The Kier molecular flexibility index (Phi) is 7.08. The molecule has 2 N–H and O–H groups in total. The van der Waals surface area contributed by atoms with Gasteiger partial charge in [0.1, 0.15) is 10.8 Å².